The van der Waals surface area contributed by atoms with Crippen molar-refractivity contribution in [2.75, 3.05) is 11.4 Å². The summed E-state index contributed by atoms with van der Waals surface area (Å²) in [6.07, 6.45) is 4.91. The first-order chi connectivity index (χ1) is 20.8. The highest BCUT2D eigenvalue weighted by Crippen LogP contribution is 2.29. The number of H-pyrrole nitrogens is 1. The molecule has 0 aliphatic heterocycles. The molecule has 0 saturated carbocycles. The van der Waals surface area contributed by atoms with Crippen LogP contribution < -0.4 is 19.2 Å². The molecule has 0 aliphatic carbocycles. The number of aromatic amines is 1. The number of anilines is 1. The predicted molar refractivity (Wildman–Crippen MR) is 170 cm³/mol. The molecule has 0 bridgehead atoms. The van der Waals surface area contributed by atoms with Gasteiger partial charge in [0, 0.05) is 38.7 Å². The summed E-state index contributed by atoms with van der Waals surface area (Å²) in [4.78, 5) is 32.9. The largest absolute Gasteiger partial charge is 0.494 e. The van der Waals surface area contributed by atoms with Gasteiger partial charge in [-0.05, 0) is 60.5 Å². The number of amides is 1. The summed E-state index contributed by atoms with van der Waals surface area (Å²) in [7, 11) is 1.95. The number of carbonyl (C=O) groups excluding carboxylic acids is 1. The van der Waals surface area contributed by atoms with E-state index in [1.807, 2.05) is 83.2 Å². The van der Waals surface area contributed by atoms with E-state index >= 15 is 0 Å². The predicted octanol–water partition coefficient (Wildman–Crippen LogP) is 6.92. The monoisotopic (exact) mass is 600 g/mol. The lowest BCUT2D eigenvalue weighted by Crippen LogP contribution is -2.29. The minimum atomic E-state index is -0.270. The fraction of sp³-hybridized carbons (Fsp3) is 0.303. The number of benzene rings is 3. The van der Waals surface area contributed by atoms with Gasteiger partial charge < -0.3 is 24.0 Å². The van der Waals surface area contributed by atoms with Gasteiger partial charge in [0.15, 0.2) is 0 Å². The lowest BCUT2D eigenvalue weighted by molar-refractivity contribution is -0.116. The molecule has 10 heteroatoms. The maximum Gasteiger partial charge on any atom is 0.307 e. The Labute approximate surface area is 254 Å². The third-order valence-corrected chi connectivity index (χ3v) is 8.17. The van der Waals surface area contributed by atoms with E-state index in [4.69, 9.17) is 14.5 Å². The molecule has 0 atom stereocenters. The smallest absolute Gasteiger partial charge is 0.307 e. The number of aromatic nitrogens is 3. The summed E-state index contributed by atoms with van der Waals surface area (Å²) in [5, 5.41) is 9.82. The molecule has 0 radical (unpaired) electrons. The van der Waals surface area contributed by atoms with Crippen molar-refractivity contribution in [3.63, 3.8) is 0 Å². The maximum atomic E-state index is 12.2. The molecule has 2 heterocycles. The van der Waals surface area contributed by atoms with Crippen LogP contribution in [0.4, 0.5) is 5.69 Å². The Morgan fingerprint density at radius 2 is 1.72 bits per heavy atom. The topological polar surface area (TPSA) is 110 Å². The normalized spacial score (nSPS) is 11.1. The fourth-order valence-electron chi connectivity index (χ4n) is 4.92. The summed E-state index contributed by atoms with van der Waals surface area (Å²) in [5.74, 6) is 2.80. The van der Waals surface area contributed by atoms with E-state index in [1.54, 1.807) is 6.92 Å². The molecule has 9 nitrogen and oxygen atoms in total. The summed E-state index contributed by atoms with van der Waals surface area (Å²) in [5.41, 5.74) is 3.59. The third-order valence-electron chi connectivity index (χ3n) is 7.30. The molecule has 0 saturated heterocycles. The quantitative estimate of drug-likeness (QED) is 0.142. The number of nitrogens with zero attached hydrogens (tertiary/aromatic N) is 3. The molecule has 224 valence electrons. The van der Waals surface area contributed by atoms with Crippen LogP contribution in [0.1, 0.15) is 55.8 Å². The van der Waals surface area contributed by atoms with E-state index in [0.717, 1.165) is 58.7 Å². The van der Waals surface area contributed by atoms with Crippen LogP contribution >= 0.6 is 11.3 Å². The summed E-state index contributed by atoms with van der Waals surface area (Å²) in [6.45, 7) is 4.78. The number of nitrogens with one attached hydrogen (secondary N) is 1. The molecule has 43 heavy (non-hydrogen) atoms. The average molecular weight is 601 g/mol. The van der Waals surface area contributed by atoms with Gasteiger partial charge in [0.05, 0.1) is 15.9 Å². The highest BCUT2D eigenvalue weighted by Gasteiger charge is 2.13. The summed E-state index contributed by atoms with van der Waals surface area (Å²) >= 11 is 1.01. The van der Waals surface area contributed by atoms with E-state index in [-0.39, 0.29) is 23.3 Å². The molecule has 0 spiro atoms. The van der Waals surface area contributed by atoms with Crippen molar-refractivity contribution in [3.8, 4) is 23.1 Å². The molecule has 0 aliphatic rings. The number of fused-ring (bicyclic) bond motifs is 1. The standard InChI is InChI=1S/C33H36N4O5S/c1-4-5-6-7-18-37(22(2)38)24-10-14-26(15-11-24)42-27-16-17-28-29(20-27)36(3)31(34-28)21-41-25-12-8-23(9-13-25)19-30-32(39)35-33(40)43-30/h8-17,20,39H,4-7,18-19,21H2,1-3H3,(H,35,40). The van der Waals surface area contributed by atoms with E-state index < -0.39 is 0 Å². The summed E-state index contributed by atoms with van der Waals surface area (Å²) in [6, 6.07) is 20.9. The van der Waals surface area contributed by atoms with E-state index in [9.17, 15) is 14.7 Å². The van der Waals surface area contributed by atoms with Crippen molar-refractivity contribution < 1.29 is 19.4 Å². The number of hydrogen-bond acceptors (Lipinski definition) is 7. The van der Waals surface area contributed by atoms with Gasteiger partial charge in [-0.15, -0.1) is 0 Å². The molecule has 2 aromatic heterocycles. The first kappa shape index (κ1) is 29.9. The Bertz CT molecular complexity index is 1740. The van der Waals surface area contributed by atoms with Crippen LogP contribution in [0.2, 0.25) is 0 Å². The van der Waals surface area contributed by atoms with Gasteiger partial charge in [-0.25, -0.2) is 4.98 Å². The number of rotatable bonds is 13. The van der Waals surface area contributed by atoms with Gasteiger partial charge in [0.25, 0.3) is 0 Å². The van der Waals surface area contributed by atoms with Crippen LogP contribution in [-0.4, -0.2) is 32.1 Å². The van der Waals surface area contributed by atoms with Crippen LogP contribution in [0.15, 0.2) is 71.5 Å². The third kappa shape index (κ3) is 7.45. The first-order valence-electron chi connectivity index (χ1n) is 14.4. The van der Waals surface area contributed by atoms with Crippen LogP contribution in [0.3, 0.4) is 0 Å². The van der Waals surface area contributed by atoms with Crippen LogP contribution in [-0.2, 0) is 24.9 Å². The minimum absolute atomic E-state index is 0.0395. The van der Waals surface area contributed by atoms with Crippen LogP contribution in [0.25, 0.3) is 11.0 Å². The average Bonchev–Trinajstić information content (AvgIpc) is 3.49. The molecule has 3 aromatic carbocycles. The summed E-state index contributed by atoms with van der Waals surface area (Å²) < 4.78 is 14.1. The Morgan fingerprint density at radius 1 is 1.00 bits per heavy atom. The highest BCUT2D eigenvalue weighted by molar-refractivity contribution is 7.09. The van der Waals surface area contributed by atoms with Gasteiger partial charge in [-0.2, -0.15) is 0 Å². The number of unbranched alkanes of at least 4 members (excludes halogenated alkanes) is 3. The van der Waals surface area contributed by atoms with E-state index in [1.165, 1.54) is 6.42 Å². The van der Waals surface area contributed by atoms with E-state index in [2.05, 4.69) is 11.9 Å². The van der Waals surface area contributed by atoms with Crippen LogP contribution in [0.5, 0.6) is 23.1 Å². The molecule has 5 rings (SSSR count). The van der Waals surface area contributed by atoms with Gasteiger partial charge in [-0.1, -0.05) is 49.7 Å². The van der Waals surface area contributed by atoms with Crippen molar-refractivity contribution >= 4 is 34.0 Å². The minimum Gasteiger partial charge on any atom is -0.494 e. The molecule has 1 amide bonds. The van der Waals surface area contributed by atoms with Gasteiger partial charge >= 0.3 is 4.87 Å². The van der Waals surface area contributed by atoms with Crippen molar-refractivity contribution in [2.45, 2.75) is 52.6 Å². The zero-order valence-corrected chi connectivity index (χ0v) is 25.4. The van der Waals surface area contributed by atoms with Gasteiger partial charge in [0.1, 0.15) is 29.7 Å². The fourth-order valence-corrected chi connectivity index (χ4v) is 5.67. The van der Waals surface area contributed by atoms with Crippen molar-refractivity contribution in [1.82, 2.24) is 14.5 Å². The highest BCUT2D eigenvalue weighted by atomic mass is 32.1. The Morgan fingerprint density at radius 3 is 2.40 bits per heavy atom. The molecular formula is C33H36N4O5S. The molecule has 0 fully saturated rings. The maximum absolute atomic E-state index is 12.2. The lowest BCUT2D eigenvalue weighted by atomic mass is 10.1. The SMILES string of the molecule is CCCCCCN(C(C)=O)c1ccc(Oc2ccc3nc(COc4ccc(Cc5sc(=O)[nH]c5O)cc4)n(C)c3c2)cc1. The molecule has 0 unspecified atom stereocenters. The number of hydrogen-bond donors (Lipinski definition) is 2. The van der Waals surface area contributed by atoms with E-state index in [0.29, 0.717) is 35.1 Å². The number of aryl methyl sites for hydroxylation is 1. The number of carbonyl (C=O) groups is 1. The first-order valence-corrected chi connectivity index (χ1v) is 15.3. The zero-order valence-electron chi connectivity index (χ0n) is 24.6. The molecular weight excluding hydrogens is 564 g/mol. The van der Waals surface area contributed by atoms with Crippen molar-refractivity contribution in [3.05, 3.63) is 92.7 Å². The second-order valence-corrected chi connectivity index (χ2v) is 11.5. The number of thiazole rings is 1. The zero-order chi connectivity index (χ0) is 30.3. The van der Waals surface area contributed by atoms with Gasteiger partial charge in [-0.3, -0.25) is 14.6 Å². The van der Waals surface area contributed by atoms with Crippen molar-refractivity contribution in [1.29, 1.82) is 0 Å². The van der Waals surface area contributed by atoms with Crippen LogP contribution in [0, 0.1) is 0 Å². The number of imidazole rings is 1. The van der Waals surface area contributed by atoms with Gasteiger partial charge in [0.2, 0.25) is 11.8 Å². The van der Waals surface area contributed by atoms with Crippen molar-refractivity contribution in [2.24, 2.45) is 7.05 Å². The second-order valence-electron chi connectivity index (χ2n) is 10.5. The molecule has 5 aromatic rings. The lowest BCUT2D eigenvalue weighted by Gasteiger charge is -2.21. The Balaban J connectivity index is 1.20. The number of ether oxygens (including phenoxy) is 2. The molecule has 2 N–H and O–H groups in total. The second kappa shape index (κ2) is 13.6. The Kier molecular flexibility index (Phi) is 9.46. The Hall–Kier alpha value is -4.57. The number of aromatic hydroxyl groups is 1.